The van der Waals surface area contributed by atoms with E-state index in [2.05, 4.69) is 10.6 Å². The van der Waals surface area contributed by atoms with Crippen LogP contribution in [0.25, 0.3) is 0 Å². The lowest BCUT2D eigenvalue weighted by molar-refractivity contribution is -0.119. The number of rotatable bonds is 6. The third-order valence-corrected chi connectivity index (χ3v) is 3.54. The third kappa shape index (κ3) is 6.70. The highest BCUT2D eigenvalue weighted by Crippen LogP contribution is 2.22. The van der Waals surface area contributed by atoms with E-state index >= 15 is 0 Å². The minimum absolute atomic E-state index is 0.000963. The molecule has 0 radical (unpaired) electrons. The Morgan fingerprint density at radius 2 is 1.40 bits per heavy atom. The number of benzene rings is 2. The number of nitrogens with zero attached hydrogens (tertiary/aromatic N) is 1. The number of anilines is 2. The number of hydrogen-bond acceptors (Lipinski definition) is 3. The van der Waals surface area contributed by atoms with Gasteiger partial charge in [0.05, 0.1) is 13.1 Å². The van der Waals surface area contributed by atoms with Crippen molar-refractivity contribution in [2.45, 2.75) is 0 Å². The number of nitrogens with one attached hydrogen (secondary N) is 2. The van der Waals surface area contributed by atoms with E-state index < -0.39 is 0 Å². The van der Waals surface area contributed by atoms with Crippen molar-refractivity contribution in [1.29, 1.82) is 0 Å². The van der Waals surface area contributed by atoms with Crippen molar-refractivity contribution < 1.29 is 14.0 Å². The van der Waals surface area contributed by atoms with Gasteiger partial charge in [0.1, 0.15) is 5.82 Å². The molecule has 2 N–H and O–H groups in total. The van der Waals surface area contributed by atoms with Gasteiger partial charge in [-0.3, -0.25) is 14.5 Å². The van der Waals surface area contributed by atoms with Crippen LogP contribution < -0.4 is 10.6 Å². The highest BCUT2D eigenvalue weighted by molar-refractivity contribution is 6.35. The fourth-order valence-electron chi connectivity index (χ4n) is 2.11. The molecule has 0 aliphatic rings. The molecule has 5 nitrogen and oxygen atoms in total. The zero-order valence-corrected chi connectivity index (χ0v) is 14.9. The first-order valence-electron chi connectivity index (χ1n) is 7.32. The van der Waals surface area contributed by atoms with Crippen LogP contribution in [0.4, 0.5) is 15.8 Å². The summed E-state index contributed by atoms with van der Waals surface area (Å²) in [6, 6.07) is 10.1. The highest BCUT2D eigenvalue weighted by atomic mass is 35.5. The summed E-state index contributed by atoms with van der Waals surface area (Å²) in [6.07, 6.45) is 0. The van der Waals surface area contributed by atoms with E-state index in [9.17, 15) is 14.0 Å². The molecule has 8 heteroatoms. The lowest BCUT2D eigenvalue weighted by Gasteiger charge is -2.16. The number of halogens is 3. The van der Waals surface area contributed by atoms with Crippen molar-refractivity contribution >= 4 is 46.4 Å². The molecule has 0 spiro atoms. The number of carbonyl (C=O) groups excluding carboxylic acids is 2. The maximum atomic E-state index is 12.8. The van der Waals surface area contributed by atoms with Gasteiger partial charge in [-0.2, -0.15) is 0 Å². The SMILES string of the molecule is CN(CC(=O)Nc1ccc(F)cc1)CC(=O)Nc1cc(Cl)cc(Cl)c1. The summed E-state index contributed by atoms with van der Waals surface area (Å²) in [4.78, 5) is 25.5. The molecule has 0 saturated heterocycles. The van der Waals surface area contributed by atoms with E-state index in [1.165, 1.54) is 24.3 Å². The zero-order chi connectivity index (χ0) is 18.4. The van der Waals surface area contributed by atoms with Crippen LogP contribution in [-0.2, 0) is 9.59 Å². The monoisotopic (exact) mass is 383 g/mol. The Balaban J connectivity index is 1.82. The molecule has 0 heterocycles. The largest absolute Gasteiger partial charge is 0.325 e. The number of amides is 2. The van der Waals surface area contributed by atoms with Gasteiger partial charge in [0.15, 0.2) is 0 Å². The Morgan fingerprint density at radius 1 is 0.920 bits per heavy atom. The standard InChI is InChI=1S/C17H16Cl2FN3O2/c1-23(9-16(24)21-14-4-2-13(20)3-5-14)10-17(25)22-15-7-11(18)6-12(19)8-15/h2-8H,9-10H2,1H3,(H,21,24)(H,22,25). The summed E-state index contributed by atoms with van der Waals surface area (Å²) in [5, 5.41) is 6.11. The smallest absolute Gasteiger partial charge is 0.238 e. The number of likely N-dealkylation sites (N-methyl/N-ethyl adjacent to an activating group) is 1. The Hall–Kier alpha value is -2.15. The molecule has 0 fully saturated rings. The van der Waals surface area contributed by atoms with Crippen molar-refractivity contribution in [3.05, 3.63) is 58.3 Å². The fourth-order valence-corrected chi connectivity index (χ4v) is 2.63. The van der Waals surface area contributed by atoms with Gasteiger partial charge in [0, 0.05) is 21.4 Å². The number of carbonyl (C=O) groups is 2. The second-order valence-electron chi connectivity index (χ2n) is 5.43. The predicted molar refractivity (Wildman–Crippen MR) is 97.6 cm³/mol. The van der Waals surface area contributed by atoms with Gasteiger partial charge in [0.2, 0.25) is 11.8 Å². The summed E-state index contributed by atoms with van der Waals surface area (Å²) in [6.45, 7) is 0.00205. The first kappa shape index (κ1) is 19.2. The van der Waals surface area contributed by atoms with E-state index in [0.29, 0.717) is 21.4 Å². The highest BCUT2D eigenvalue weighted by Gasteiger charge is 2.12. The van der Waals surface area contributed by atoms with Crippen LogP contribution >= 0.6 is 23.2 Å². The zero-order valence-electron chi connectivity index (χ0n) is 13.4. The van der Waals surface area contributed by atoms with Gasteiger partial charge in [-0.05, 0) is 49.5 Å². The molecule has 2 amide bonds. The van der Waals surface area contributed by atoms with Gasteiger partial charge < -0.3 is 10.6 Å². The molecule has 2 rings (SSSR count). The predicted octanol–water partition coefficient (Wildman–Crippen LogP) is 3.64. The van der Waals surface area contributed by atoms with E-state index in [0.717, 1.165) is 0 Å². The molecule has 25 heavy (non-hydrogen) atoms. The second kappa shape index (κ2) is 8.80. The molecule has 0 atom stereocenters. The molecule has 0 aromatic heterocycles. The van der Waals surface area contributed by atoms with Crippen molar-refractivity contribution in [3.8, 4) is 0 Å². The average molecular weight is 384 g/mol. The minimum atomic E-state index is -0.382. The fraction of sp³-hybridized carbons (Fsp3) is 0.176. The molecule has 132 valence electrons. The van der Waals surface area contributed by atoms with E-state index in [1.54, 1.807) is 30.1 Å². The first-order chi connectivity index (χ1) is 11.8. The molecular weight excluding hydrogens is 368 g/mol. The molecule has 0 aliphatic heterocycles. The minimum Gasteiger partial charge on any atom is -0.325 e. The van der Waals surface area contributed by atoms with Crippen LogP contribution in [0.1, 0.15) is 0 Å². The molecule has 2 aromatic rings. The lowest BCUT2D eigenvalue weighted by atomic mass is 10.3. The van der Waals surface area contributed by atoms with Crippen LogP contribution in [0.15, 0.2) is 42.5 Å². The van der Waals surface area contributed by atoms with E-state index in [-0.39, 0.29) is 30.7 Å². The topological polar surface area (TPSA) is 61.4 Å². The summed E-state index contributed by atoms with van der Waals surface area (Å²) >= 11 is 11.7. The first-order valence-corrected chi connectivity index (χ1v) is 8.07. The van der Waals surface area contributed by atoms with Crippen LogP contribution in [0.2, 0.25) is 10.0 Å². The Kier molecular flexibility index (Phi) is 6.75. The van der Waals surface area contributed by atoms with Gasteiger partial charge in [-0.15, -0.1) is 0 Å². The summed E-state index contributed by atoms with van der Waals surface area (Å²) in [7, 11) is 1.63. The molecule has 2 aromatic carbocycles. The lowest BCUT2D eigenvalue weighted by Crippen LogP contribution is -2.36. The van der Waals surface area contributed by atoms with Crippen molar-refractivity contribution in [2.24, 2.45) is 0 Å². The van der Waals surface area contributed by atoms with Crippen LogP contribution in [0, 0.1) is 5.82 Å². The van der Waals surface area contributed by atoms with E-state index in [1.807, 2.05) is 0 Å². The van der Waals surface area contributed by atoms with Gasteiger partial charge in [0.25, 0.3) is 0 Å². The molecule has 0 saturated carbocycles. The Morgan fingerprint density at radius 3 is 1.92 bits per heavy atom. The van der Waals surface area contributed by atoms with Crippen molar-refractivity contribution in [1.82, 2.24) is 4.90 Å². The molecule has 0 unspecified atom stereocenters. The average Bonchev–Trinajstić information content (AvgIpc) is 2.47. The quantitative estimate of drug-likeness (QED) is 0.800. The summed E-state index contributed by atoms with van der Waals surface area (Å²) in [5.74, 6) is -1.00. The Bertz CT molecular complexity index is 749. The van der Waals surface area contributed by atoms with Crippen molar-refractivity contribution in [2.75, 3.05) is 30.8 Å². The summed E-state index contributed by atoms with van der Waals surface area (Å²) < 4.78 is 12.8. The van der Waals surface area contributed by atoms with Gasteiger partial charge in [-0.25, -0.2) is 4.39 Å². The van der Waals surface area contributed by atoms with Gasteiger partial charge in [-0.1, -0.05) is 23.2 Å². The molecule has 0 aliphatic carbocycles. The molecule has 0 bridgehead atoms. The van der Waals surface area contributed by atoms with E-state index in [4.69, 9.17) is 23.2 Å². The van der Waals surface area contributed by atoms with Crippen LogP contribution in [-0.4, -0.2) is 36.9 Å². The Labute approximate surface area is 154 Å². The molecular formula is C17H16Cl2FN3O2. The van der Waals surface area contributed by atoms with Gasteiger partial charge >= 0.3 is 0 Å². The summed E-state index contributed by atoms with van der Waals surface area (Å²) in [5.41, 5.74) is 0.962. The van der Waals surface area contributed by atoms with Crippen LogP contribution in [0.5, 0.6) is 0 Å². The van der Waals surface area contributed by atoms with Crippen molar-refractivity contribution in [3.63, 3.8) is 0 Å². The van der Waals surface area contributed by atoms with Crippen LogP contribution in [0.3, 0.4) is 0 Å². The second-order valence-corrected chi connectivity index (χ2v) is 6.31. The maximum Gasteiger partial charge on any atom is 0.238 e. The maximum absolute atomic E-state index is 12.8. The third-order valence-electron chi connectivity index (χ3n) is 3.10. The number of hydrogen-bond donors (Lipinski definition) is 2. The normalized spacial score (nSPS) is 10.6.